The first-order valence-electron chi connectivity index (χ1n) is 11.9. The Balaban J connectivity index is 1.39. The van der Waals surface area contributed by atoms with Gasteiger partial charge in [0, 0.05) is 17.1 Å². The standard InChI is InChI=1S/C33H27N/c1-23-7-5-10-30(19-23)34(31-11-6-8-24(2)20-31)29-17-15-25(16-18-29)26-13-14-28-21-27-9-3-4-12-32(27)33(28)22-26/h3-20,22H,21H2,1-2H3. The van der Waals surface area contributed by atoms with E-state index >= 15 is 0 Å². The van der Waals surface area contributed by atoms with Gasteiger partial charge in [0.25, 0.3) is 0 Å². The van der Waals surface area contributed by atoms with Gasteiger partial charge >= 0.3 is 0 Å². The normalized spacial score (nSPS) is 11.7. The summed E-state index contributed by atoms with van der Waals surface area (Å²) in [7, 11) is 0. The Labute approximate surface area is 202 Å². The summed E-state index contributed by atoms with van der Waals surface area (Å²) in [4.78, 5) is 2.34. The van der Waals surface area contributed by atoms with Gasteiger partial charge in [-0.3, -0.25) is 0 Å². The fraction of sp³-hybridized carbons (Fsp3) is 0.0909. The number of anilines is 3. The highest BCUT2D eigenvalue weighted by Crippen LogP contribution is 2.40. The van der Waals surface area contributed by atoms with Crippen LogP contribution in [-0.4, -0.2) is 0 Å². The molecule has 1 heteroatoms. The molecule has 34 heavy (non-hydrogen) atoms. The predicted molar refractivity (Wildman–Crippen MR) is 144 cm³/mol. The van der Waals surface area contributed by atoms with Crippen molar-refractivity contribution in [1.29, 1.82) is 0 Å². The highest BCUT2D eigenvalue weighted by molar-refractivity contribution is 5.83. The van der Waals surface area contributed by atoms with Crippen molar-refractivity contribution in [1.82, 2.24) is 0 Å². The van der Waals surface area contributed by atoms with Crippen LogP contribution in [0.25, 0.3) is 22.3 Å². The smallest absolute Gasteiger partial charge is 0.0464 e. The van der Waals surface area contributed by atoms with Crippen LogP contribution in [0.4, 0.5) is 17.1 Å². The van der Waals surface area contributed by atoms with Crippen LogP contribution in [-0.2, 0) is 6.42 Å². The van der Waals surface area contributed by atoms with Gasteiger partial charge < -0.3 is 4.90 Å². The Morgan fingerprint density at radius 2 is 1.09 bits per heavy atom. The molecule has 1 aliphatic carbocycles. The summed E-state index contributed by atoms with van der Waals surface area (Å²) in [6.45, 7) is 4.29. The van der Waals surface area contributed by atoms with E-state index in [1.165, 1.54) is 55.9 Å². The molecule has 0 N–H and O–H groups in total. The van der Waals surface area contributed by atoms with Crippen LogP contribution < -0.4 is 4.90 Å². The number of nitrogens with zero attached hydrogens (tertiary/aromatic N) is 1. The maximum absolute atomic E-state index is 2.36. The third-order valence-corrected chi connectivity index (χ3v) is 6.78. The Kier molecular flexibility index (Phi) is 5.04. The number of hydrogen-bond donors (Lipinski definition) is 0. The topological polar surface area (TPSA) is 3.24 Å². The lowest BCUT2D eigenvalue weighted by Crippen LogP contribution is -2.10. The molecule has 0 radical (unpaired) electrons. The molecule has 1 nitrogen and oxygen atoms in total. The number of hydrogen-bond acceptors (Lipinski definition) is 1. The van der Waals surface area contributed by atoms with Gasteiger partial charge in [-0.05, 0) is 107 Å². The molecular weight excluding hydrogens is 410 g/mol. The number of rotatable bonds is 4. The van der Waals surface area contributed by atoms with Crippen LogP contribution in [0.5, 0.6) is 0 Å². The summed E-state index contributed by atoms with van der Waals surface area (Å²) in [5.74, 6) is 0. The summed E-state index contributed by atoms with van der Waals surface area (Å²) in [5.41, 5.74) is 14.1. The average molecular weight is 438 g/mol. The third kappa shape index (κ3) is 3.70. The summed E-state index contributed by atoms with van der Waals surface area (Å²) in [6.07, 6.45) is 1.03. The first-order chi connectivity index (χ1) is 16.7. The van der Waals surface area contributed by atoms with Gasteiger partial charge in [-0.25, -0.2) is 0 Å². The molecule has 0 atom stereocenters. The molecule has 0 heterocycles. The minimum Gasteiger partial charge on any atom is -0.310 e. The first kappa shape index (κ1) is 20.5. The first-order valence-corrected chi connectivity index (χ1v) is 11.9. The van der Waals surface area contributed by atoms with Crippen LogP contribution in [0.2, 0.25) is 0 Å². The van der Waals surface area contributed by atoms with Crippen LogP contribution in [0.15, 0.2) is 115 Å². The highest BCUT2D eigenvalue weighted by atomic mass is 15.1. The molecule has 0 spiro atoms. The van der Waals surface area contributed by atoms with Gasteiger partial charge in [0.15, 0.2) is 0 Å². The summed E-state index contributed by atoms with van der Waals surface area (Å²) in [5, 5.41) is 0. The van der Waals surface area contributed by atoms with Crippen molar-refractivity contribution >= 4 is 17.1 Å². The van der Waals surface area contributed by atoms with E-state index in [2.05, 4.69) is 134 Å². The van der Waals surface area contributed by atoms with E-state index in [0.717, 1.165) is 12.1 Å². The Bertz CT molecular complexity index is 1450. The van der Waals surface area contributed by atoms with Crippen LogP contribution in [0.1, 0.15) is 22.3 Å². The van der Waals surface area contributed by atoms with Crippen LogP contribution >= 0.6 is 0 Å². The van der Waals surface area contributed by atoms with Crippen molar-refractivity contribution in [3.8, 4) is 22.3 Å². The van der Waals surface area contributed by atoms with E-state index < -0.39 is 0 Å². The molecule has 0 fully saturated rings. The zero-order chi connectivity index (χ0) is 23.1. The Hall–Kier alpha value is -4.10. The number of fused-ring (bicyclic) bond motifs is 3. The van der Waals surface area contributed by atoms with Crippen LogP contribution in [0.3, 0.4) is 0 Å². The molecule has 5 aromatic carbocycles. The van der Waals surface area contributed by atoms with E-state index in [0.29, 0.717) is 0 Å². The largest absolute Gasteiger partial charge is 0.310 e. The SMILES string of the molecule is Cc1cccc(N(c2ccc(-c3ccc4c(c3)-c3ccccc3C4)cc2)c2cccc(C)c2)c1. The van der Waals surface area contributed by atoms with Crippen molar-refractivity contribution in [2.75, 3.05) is 4.90 Å². The average Bonchev–Trinajstić information content (AvgIpc) is 3.23. The van der Waals surface area contributed by atoms with E-state index in [4.69, 9.17) is 0 Å². The molecule has 0 bridgehead atoms. The minimum atomic E-state index is 1.03. The zero-order valence-corrected chi connectivity index (χ0v) is 19.6. The molecule has 1 aliphatic rings. The molecule has 0 saturated heterocycles. The monoisotopic (exact) mass is 437 g/mol. The van der Waals surface area contributed by atoms with Gasteiger partial charge in [-0.1, -0.05) is 72.8 Å². The molecule has 0 aliphatic heterocycles. The molecule has 6 rings (SSSR count). The maximum atomic E-state index is 2.36. The Morgan fingerprint density at radius 3 is 1.76 bits per heavy atom. The number of aryl methyl sites for hydroxylation is 2. The van der Waals surface area contributed by atoms with Gasteiger partial charge in [0.1, 0.15) is 0 Å². The Morgan fingerprint density at radius 1 is 0.471 bits per heavy atom. The van der Waals surface area contributed by atoms with Crippen molar-refractivity contribution in [3.63, 3.8) is 0 Å². The lowest BCUT2D eigenvalue weighted by Gasteiger charge is -2.26. The quantitative estimate of drug-likeness (QED) is 0.266. The molecular formula is C33H27N. The van der Waals surface area contributed by atoms with E-state index in [9.17, 15) is 0 Å². The molecule has 164 valence electrons. The molecule has 0 aromatic heterocycles. The second kappa shape index (κ2) is 8.35. The second-order valence-electron chi connectivity index (χ2n) is 9.27. The van der Waals surface area contributed by atoms with Crippen LogP contribution in [0, 0.1) is 13.8 Å². The van der Waals surface area contributed by atoms with E-state index in [-0.39, 0.29) is 0 Å². The van der Waals surface area contributed by atoms with E-state index in [1.54, 1.807) is 0 Å². The van der Waals surface area contributed by atoms with Crippen molar-refractivity contribution in [2.45, 2.75) is 20.3 Å². The summed E-state index contributed by atoms with van der Waals surface area (Å²) < 4.78 is 0. The molecule has 5 aromatic rings. The maximum Gasteiger partial charge on any atom is 0.0464 e. The highest BCUT2D eigenvalue weighted by Gasteiger charge is 2.18. The van der Waals surface area contributed by atoms with Crippen molar-refractivity contribution < 1.29 is 0 Å². The lowest BCUT2D eigenvalue weighted by atomic mass is 9.98. The fourth-order valence-corrected chi connectivity index (χ4v) is 5.09. The zero-order valence-electron chi connectivity index (χ0n) is 19.6. The lowest BCUT2D eigenvalue weighted by molar-refractivity contribution is 1.26. The van der Waals surface area contributed by atoms with Gasteiger partial charge in [0.2, 0.25) is 0 Å². The van der Waals surface area contributed by atoms with Crippen molar-refractivity contribution in [2.24, 2.45) is 0 Å². The predicted octanol–water partition coefficient (Wildman–Crippen LogP) is 9.01. The fourth-order valence-electron chi connectivity index (χ4n) is 5.09. The summed E-state index contributed by atoms with van der Waals surface area (Å²) in [6, 6.07) is 42.1. The number of benzene rings is 5. The van der Waals surface area contributed by atoms with Crippen molar-refractivity contribution in [3.05, 3.63) is 138 Å². The molecule has 0 unspecified atom stereocenters. The molecule has 0 amide bonds. The second-order valence-corrected chi connectivity index (χ2v) is 9.27. The minimum absolute atomic E-state index is 1.03. The van der Waals surface area contributed by atoms with Gasteiger partial charge in [-0.2, -0.15) is 0 Å². The third-order valence-electron chi connectivity index (χ3n) is 6.78. The van der Waals surface area contributed by atoms with E-state index in [1.807, 2.05) is 0 Å². The van der Waals surface area contributed by atoms with Gasteiger partial charge in [-0.15, -0.1) is 0 Å². The summed E-state index contributed by atoms with van der Waals surface area (Å²) >= 11 is 0. The molecule has 0 saturated carbocycles. The van der Waals surface area contributed by atoms with Gasteiger partial charge in [0.05, 0.1) is 0 Å².